The fraction of sp³-hybridized carbons (Fsp3) is 0.462. The zero-order chi connectivity index (χ0) is 22.2. The summed E-state index contributed by atoms with van der Waals surface area (Å²) >= 11 is 0. The average Bonchev–Trinajstić information content (AvgIpc) is 3.36. The first kappa shape index (κ1) is 22.5. The third-order valence-corrected chi connectivity index (χ3v) is 5.92. The lowest BCUT2D eigenvalue weighted by Gasteiger charge is -1.99. The number of aromatic nitrogens is 4. The lowest BCUT2D eigenvalue weighted by Crippen LogP contribution is -2.33. The van der Waals surface area contributed by atoms with Crippen LogP contribution in [0.25, 0.3) is 22.1 Å². The second-order valence-corrected chi connectivity index (χ2v) is 8.08. The van der Waals surface area contributed by atoms with Gasteiger partial charge in [0.2, 0.25) is 12.7 Å². The molecule has 0 fully saturated rings. The molecule has 6 nitrogen and oxygen atoms in total. The Hall–Kier alpha value is -2.70. The van der Waals surface area contributed by atoms with Gasteiger partial charge >= 0.3 is 0 Å². The lowest BCUT2D eigenvalue weighted by atomic mass is 10.3. The molecule has 0 aliphatic rings. The number of rotatable bonds is 13. The summed E-state index contributed by atoms with van der Waals surface area (Å²) in [6.45, 7) is 11.1. The summed E-state index contributed by atoms with van der Waals surface area (Å²) in [6, 6.07) is 17.4. The molecule has 0 N–H and O–H groups in total. The van der Waals surface area contributed by atoms with Crippen LogP contribution in [0.4, 0.5) is 0 Å². The second kappa shape index (κ2) is 11.2. The normalized spacial score (nSPS) is 11.7. The van der Waals surface area contributed by atoms with Crippen LogP contribution in [0.5, 0.6) is 0 Å². The standard InChI is InChI=1S/C26H36N4O2/c1-3-31-19-9-15-27-21-29(25-13-7-5-11-23(25)27)17-18-30-22-28(16-10-20-32-4-2)24-12-6-8-14-26(24)30/h5-8,11-14,21-22H,3-4,9-10,15-20H2,1-2H3/q+2. The summed E-state index contributed by atoms with van der Waals surface area (Å²) in [7, 11) is 0. The molecule has 4 rings (SSSR count). The number of nitrogens with zero attached hydrogens (tertiary/aromatic N) is 4. The van der Waals surface area contributed by atoms with Crippen LogP contribution in [0.3, 0.4) is 0 Å². The number of ether oxygens (including phenoxy) is 2. The maximum atomic E-state index is 5.53. The summed E-state index contributed by atoms with van der Waals surface area (Å²) in [5.41, 5.74) is 5.13. The van der Waals surface area contributed by atoms with Crippen LogP contribution < -0.4 is 9.13 Å². The molecule has 0 aliphatic heterocycles. The smallest absolute Gasteiger partial charge is 0.244 e. The summed E-state index contributed by atoms with van der Waals surface area (Å²) < 4.78 is 20.5. The molecule has 0 saturated heterocycles. The van der Waals surface area contributed by atoms with Crippen molar-refractivity contribution >= 4 is 22.1 Å². The van der Waals surface area contributed by atoms with E-state index in [1.807, 2.05) is 13.8 Å². The minimum absolute atomic E-state index is 0.781. The number of aryl methyl sites for hydroxylation is 4. The van der Waals surface area contributed by atoms with Gasteiger partial charge in [-0.15, -0.1) is 0 Å². The van der Waals surface area contributed by atoms with Crippen LogP contribution in [0.1, 0.15) is 26.7 Å². The van der Waals surface area contributed by atoms with E-state index in [1.165, 1.54) is 22.1 Å². The van der Waals surface area contributed by atoms with Crippen molar-refractivity contribution in [1.82, 2.24) is 9.13 Å². The molecule has 2 aromatic heterocycles. The Labute approximate surface area is 190 Å². The van der Waals surface area contributed by atoms with Crippen molar-refractivity contribution in [3.05, 3.63) is 61.2 Å². The number of para-hydroxylation sites is 4. The molecule has 4 aromatic rings. The minimum atomic E-state index is 0.781. The van der Waals surface area contributed by atoms with E-state index in [4.69, 9.17) is 9.47 Å². The quantitative estimate of drug-likeness (QED) is 0.237. The minimum Gasteiger partial charge on any atom is -0.382 e. The topological polar surface area (TPSA) is 36.1 Å². The van der Waals surface area contributed by atoms with E-state index in [0.717, 1.165) is 65.4 Å². The Morgan fingerprint density at radius 2 is 1.09 bits per heavy atom. The molecule has 170 valence electrons. The second-order valence-electron chi connectivity index (χ2n) is 8.08. The fourth-order valence-electron chi connectivity index (χ4n) is 4.38. The molecule has 0 unspecified atom stereocenters. The highest BCUT2D eigenvalue weighted by atomic mass is 16.5. The molecule has 0 atom stereocenters. The van der Waals surface area contributed by atoms with Crippen molar-refractivity contribution in [2.24, 2.45) is 0 Å². The summed E-state index contributed by atoms with van der Waals surface area (Å²) in [5.74, 6) is 0. The van der Waals surface area contributed by atoms with Crippen molar-refractivity contribution < 1.29 is 18.6 Å². The van der Waals surface area contributed by atoms with Crippen LogP contribution >= 0.6 is 0 Å². The zero-order valence-electron chi connectivity index (χ0n) is 19.4. The first-order valence-electron chi connectivity index (χ1n) is 11.9. The van der Waals surface area contributed by atoms with Gasteiger partial charge in [-0.3, -0.25) is 0 Å². The fourth-order valence-corrected chi connectivity index (χ4v) is 4.38. The first-order valence-corrected chi connectivity index (χ1v) is 11.9. The van der Waals surface area contributed by atoms with Crippen molar-refractivity contribution in [2.45, 2.75) is 52.9 Å². The Kier molecular flexibility index (Phi) is 7.91. The van der Waals surface area contributed by atoms with Crippen molar-refractivity contribution in [3.63, 3.8) is 0 Å². The zero-order valence-corrected chi connectivity index (χ0v) is 19.4. The van der Waals surface area contributed by atoms with Crippen LogP contribution in [0.2, 0.25) is 0 Å². The largest absolute Gasteiger partial charge is 0.382 e. The van der Waals surface area contributed by atoms with Gasteiger partial charge < -0.3 is 9.47 Å². The van der Waals surface area contributed by atoms with E-state index < -0.39 is 0 Å². The van der Waals surface area contributed by atoms with Gasteiger partial charge in [-0.1, -0.05) is 24.3 Å². The molecule has 2 aromatic carbocycles. The number of benzene rings is 2. The summed E-state index contributed by atoms with van der Waals surface area (Å²) in [4.78, 5) is 0. The third-order valence-electron chi connectivity index (χ3n) is 5.92. The van der Waals surface area contributed by atoms with Gasteiger partial charge in [0.25, 0.3) is 0 Å². The maximum Gasteiger partial charge on any atom is 0.244 e. The van der Waals surface area contributed by atoms with Gasteiger partial charge in [-0.25, -0.2) is 18.3 Å². The third kappa shape index (κ3) is 5.19. The SMILES string of the molecule is CCOCCC[n+]1cn(CCn2c[n+](CCCOCC)c3ccccc32)c2ccccc21. The molecule has 0 bridgehead atoms. The molecule has 32 heavy (non-hydrogen) atoms. The van der Waals surface area contributed by atoms with Crippen LogP contribution in [-0.2, 0) is 35.7 Å². The molecule has 0 radical (unpaired) electrons. The van der Waals surface area contributed by atoms with Crippen molar-refractivity contribution in [2.75, 3.05) is 26.4 Å². The summed E-state index contributed by atoms with van der Waals surface area (Å²) in [6.07, 6.45) is 6.57. The predicted octanol–water partition coefficient (Wildman–Crippen LogP) is 3.72. The molecule has 6 heteroatoms. The van der Waals surface area contributed by atoms with Gasteiger partial charge in [0.1, 0.15) is 13.1 Å². The van der Waals surface area contributed by atoms with E-state index in [9.17, 15) is 0 Å². The lowest BCUT2D eigenvalue weighted by molar-refractivity contribution is -0.673. The van der Waals surface area contributed by atoms with Gasteiger partial charge in [-0.2, -0.15) is 0 Å². The molecular weight excluding hydrogens is 400 g/mol. The predicted molar refractivity (Wildman–Crippen MR) is 126 cm³/mol. The maximum absolute atomic E-state index is 5.53. The molecule has 0 amide bonds. The van der Waals surface area contributed by atoms with Gasteiger partial charge in [0.05, 0.1) is 26.3 Å². The number of hydrogen-bond donors (Lipinski definition) is 0. The first-order chi connectivity index (χ1) is 15.8. The van der Waals surface area contributed by atoms with Crippen molar-refractivity contribution in [1.29, 1.82) is 0 Å². The highest BCUT2D eigenvalue weighted by Crippen LogP contribution is 2.14. The van der Waals surface area contributed by atoms with E-state index in [2.05, 4.69) is 79.5 Å². The molecule has 0 aliphatic carbocycles. The van der Waals surface area contributed by atoms with Gasteiger partial charge in [0.15, 0.2) is 22.1 Å². The van der Waals surface area contributed by atoms with E-state index in [-0.39, 0.29) is 0 Å². The van der Waals surface area contributed by atoms with Crippen molar-refractivity contribution in [3.8, 4) is 0 Å². The average molecular weight is 437 g/mol. The van der Waals surface area contributed by atoms with E-state index in [1.54, 1.807) is 0 Å². The van der Waals surface area contributed by atoms with Gasteiger partial charge in [-0.05, 0) is 38.1 Å². The molecule has 2 heterocycles. The molecule has 0 spiro atoms. The van der Waals surface area contributed by atoms with Gasteiger partial charge in [0, 0.05) is 26.1 Å². The number of fused-ring (bicyclic) bond motifs is 2. The Balaban J connectivity index is 1.51. The Bertz CT molecular complexity index is 1040. The van der Waals surface area contributed by atoms with E-state index >= 15 is 0 Å². The summed E-state index contributed by atoms with van der Waals surface area (Å²) in [5, 5.41) is 0. The van der Waals surface area contributed by atoms with E-state index in [0.29, 0.717) is 0 Å². The van der Waals surface area contributed by atoms with Crippen LogP contribution in [0.15, 0.2) is 61.2 Å². The van der Waals surface area contributed by atoms with Crippen LogP contribution in [-0.4, -0.2) is 35.6 Å². The Morgan fingerprint density at radius 1 is 0.656 bits per heavy atom. The molecular formula is C26H36N4O2+2. The van der Waals surface area contributed by atoms with Crippen LogP contribution in [0, 0.1) is 0 Å². The number of hydrogen-bond acceptors (Lipinski definition) is 2. The monoisotopic (exact) mass is 436 g/mol. The highest BCUT2D eigenvalue weighted by molar-refractivity contribution is 5.72. The molecule has 0 saturated carbocycles. The Morgan fingerprint density at radius 3 is 1.53 bits per heavy atom. The highest BCUT2D eigenvalue weighted by Gasteiger charge is 2.18. The number of imidazole rings is 2.